The predicted molar refractivity (Wildman–Crippen MR) is 121 cm³/mol. The molecule has 4 aromatic rings. The minimum atomic E-state index is -4.74. The summed E-state index contributed by atoms with van der Waals surface area (Å²) >= 11 is 0. The second kappa shape index (κ2) is 9.12. The Hall–Kier alpha value is -3.95. The van der Waals surface area contributed by atoms with E-state index < -0.39 is 23.6 Å². The molecule has 0 aliphatic heterocycles. The number of carbonyl (C=O) groups is 1. The van der Waals surface area contributed by atoms with E-state index in [1.54, 1.807) is 36.4 Å². The zero-order valence-corrected chi connectivity index (χ0v) is 18.7. The van der Waals surface area contributed by atoms with Crippen LogP contribution in [0.1, 0.15) is 48.1 Å². The molecular formula is C24H22F3N5O2. The van der Waals surface area contributed by atoms with Gasteiger partial charge < -0.3 is 10.1 Å². The van der Waals surface area contributed by atoms with Gasteiger partial charge in [-0.2, -0.15) is 22.7 Å². The van der Waals surface area contributed by atoms with Crippen molar-refractivity contribution < 1.29 is 22.7 Å². The highest BCUT2D eigenvalue weighted by Crippen LogP contribution is 2.32. The average Bonchev–Trinajstić information content (AvgIpc) is 3.27. The number of ether oxygens (including phenoxy) is 1. The number of fused-ring (bicyclic) bond motifs is 1. The molecule has 0 radical (unpaired) electrons. The Morgan fingerprint density at radius 3 is 2.35 bits per heavy atom. The maximum atomic E-state index is 13.8. The monoisotopic (exact) mass is 469 g/mol. The lowest BCUT2D eigenvalue weighted by atomic mass is 9.99. The zero-order chi connectivity index (χ0) is 24.5. The van der Waals surface area contributed by atoms with Crippen molar-refractivity contribution in [2.24, 2.45) is 0 Å². The quantitative estimate of drug-likeness (QED) is 0.398. The standard InChI is InChI=1S/C24H22F3N5O2/c1-4-14(2)15-5-9-17(10-6-15)28-22(33)21-30-23-29-19(16-7-11-18(34-3)12-8-16)13-20(24(25,26)27)32(23)31-21/h5-14H,4H2,1-3H3,(H,28,33)/t14-/m0/s1. The first-order valence-electron chi connectivity index (χ1n) is 10.6. The van der Waals surface area contributed by atoms with Gasteiger partial charge >= 0.3 is 6.18 Å². The number of rotatable bonds is 6. The van der Waals surface area contributed by atoms with Gasteiger partial charge in [0, 0.05) is 11.3 Å². The van der Waals surface area contributed by atoms with Gasteiger partial charge in [0.1, 0.15) is 5.75 Å². The molecule has 1 atom stereocenters. The number of hydrogen-bond donors (Lipinski definition) is 1. The molecule has 1 N–H and O–H groups in total. The first kappa shape index (κ1) is 23.2. The lowest BCUT2D eigenvalue weighted by Crippen LogP contribution is -2.16. The van der Waals surface area contributed by atoms with Crippen LogP contribution < -0.4 is 10.1 Å². The van der Waals surface area contributed by atoms with Gasteiger partial charge in [0.05, 0.1) is 12.8 Å². The smallest absolute Gasteiger partial charge is 0.433 e. The van der Waals surface area contributed by atoms with E-state index in [9.17, 15) is 18.0 Å². The highest BCUT2D eigenvalue weighted by atomic mass is 19.4. The highest BCUT2D eigenvalue weighted by Gasteiger charge is 2.36. The zero-order valence-electron chi connectivity index (χ0n) is 18.7. The topological polar surface area (TPSA) is 81.4 Å². The Bertz CT molecular complexity index is 1320. The van der Waals surface area contributed by atoms with Crippen molar-refractivity contribution in [3.63, 3.8) is 0 Å². The van der Waals surface area contributed by atoms with Crippen LogP contribution in [0.15, 0.2) is 54.6 Å². The van der Waals surface area contributed by atoms with Gasteiger partial charge in [0.2, 0.25) is 5.82 Å². The van der Waals surface area contributed by atoms with E-state index in [4.69, 9.17) is 4.74 Å². The van der Waals surface area contributed by atoms with Crippen molar-refractivity contribution in [3.8, 4) is 17.0 Å². The minimum Gasteiger partial charge on any atom is -0.497 e. The number of carbonyl (C=O) groups excluding carboxylic acids is 1. The number of amides is 1. The molecule has 0 spiro atoms. The molecule has 2 aromatic carbocycles. The van der Waals surface area contributed by atoms with Crippen molar-refractivity contribution in [1.82, 2.24) is 19.6 Å². The molecule has 0 aliphatic carbocycles. The van der Waals surface area contributed by atoms with Crippen molar-refractivity contribution in [2.75, 3.05) is 12.4 Å². The SMILES string of the molecule is CC[C@H](C)c1ccc(NC(=O)c2nc3nc(-c4ccc(OC)cc4)cc(C(F)(F)F)n3n2)cc1. The van der Waals surface area contributed by atoms with Gasteiger partial charge in [-0.15, -0.1) is 5.10 Å². The van der Waals surface area contributed by atoms with E-state index >= 15 is 0 Å². The van der Waals surface area contributed by atoms with E-state index in [1.165, 1.54) is 7.11 Å². The molecule has 2 aromatic heterocycles. The number of nitrogens with zero attached hydrogens (tertiary/aromatic N) is 4. The van der Waals surface area contributed by atoms with Crippen LogP contribution in [0.3, 0.4) is 0 Å². The molecule has 7 nitrogen and oxygen atoms in total. The Labute approximate surface area is 193 Å². The molecule has 176 valence electrons. The lowest BCUT2D eigenvalue weighted by molar-refractivity contribution is -0.142. The maximum Gasteiger partial charge on any atom is 0.433 e. The fraction of sp³-hybridized carbons (Fsp3) is 0.250. The summed E-state index contributed by atoms with van der Waals surface area (Å²) in [5, 5.41) is 6.41. The molecule has 0 unspecified atom stereocenters. The molecule has 0 saturated heterocycles. The number of methoxy groups -OCH3 is 1. The maximum absolute atomic E-state index is 13.8. The molecule has 0 saturated carbocycles. The second-order valence-electron chi connectivity index (χ2n) is 7.79. The summed E-state index contributed by atoms with van der Waals surface area (Å²) in [4.78, 5) is 20.8. The summed E-state index contributed by atoms with van der Waals surface area (Å²) in [6, 6.07) is 14.5. The number of alkyl halides is 3. The van der Waals surface area contributed by atoms with Crippen LogP contribution in [0.5, 0.6) is 5.75 Å². The van der Waals surface area contributed by atoms with Gasteiger partial charge in [-0.05, 0) is 60.4 Å². The average molecular weight is 469 g/mol. The van der Waals surface area contributed by atoms with E-state index in [0.717, 1.165) is 18.1 Å². The first-order chi connectivity index (χ1) is 16.2. The molecule has 1 amide bonds. The van der Waals surface area contributed by atoms with Gasteiger partial charge in [0.15, 0.2) is 5.69 Å². The van der Waals surface area contributed by atoms with Crippen molar-refractivity contribution in [1.29, 1.82) is 0 Å². The molecule has 4 rings (SSSR count). The van der Waals surface area contributed by atoms with Crippen LogP contribution in [0.4, 0.5) is 18.9 Å². The lowest BCUT2D eigenvalue weighted by Gasteiger charge is -2.10. The number of hydrogen-bond acceptors (Lipinski definition) is 5. The van der Waals surface area contributed by atoms with Gasteiger partial charge in [-0.25, -0.2) is 4.98 Å². The second-order valence-corrected chi connectivity index (χ2v) is 7.79. The van der Waals surface area contributed by atoms with Crippen LogP contribution in [-0.4, -0.2) is 32.6 Å². The van der Waals surface area contributed by atoms with E-state index in [1.807, 2.05) is 12.1 Å². The number of nitrogens with one attached hydrogen (secondary N) is 1. The Morgan fingerprint density at radius 2 is 1.76 bits per heavy atom. The Kier molecular flexibility index (Phi) is 6.23. The summed E-state index contributed by atoms with van der Waals surface area (Å²) in [5.41, 5.74) is 0.995. The molecule has 34 heavy (non-hydrogen) atoms. The van der Waals surface area contributed by atoms with Gasteiger partial charge in [-0.1, -0.05) is 26.0 Å². The van der Waals surface area contributed by atoms with Crippen LogP contribution in [0, 0.1) is 0 Å². The van der Waals surface area contributed by atoms with Crippen molar-refractivity contribution in [2.45, 2.75) is 32.4 Å². The largest absolute Gasteiger partial charge is 0.497 e. The molecule has 0 fully saturated rings. The first-order valence-corrected chi connectivity index (χ1v) is 10.6. The number of halogens is 3. The molecular weight excluding hydrogens is 447 g/mol. The van der Waals surface area contributed by atoms with Crippen LogP contribution >= 0.6 is 0 Å². The molecule has 2 heterocycles. The predicted octanol–water partition coefficient (Wildman–Crippen LogP) is 5.58. The molecule has 10 heteroatoms. The third-order valence-corrected chi connectivity index (χ3v) is 5.54. The highest BCUT2D eigenvalue weighted by molar-refractivity contribution is 6.01. The van der Waals surface area contributed by atoms with E-state index in [-0.39, 0.29) is 11.5 Å². The van der Waals surface area contributed by atoms with Crippen LogP contribution in [0.2, 0.25) is 0 Å². The third kappa shape index (κ3) is 4.70. The third-order valence-electron chi connectivity index (χ3n) is 5.54. The molecule has 0 aliphatic rings. The van der Waals surface area contributed by atoms with Gasteiger partial charge in [-0.3, -0.25) is 4.79 Å². The summed E-state index contributed by atoms with van der Waals surface area (Å²) in [5.74, 6) is -0.564. The minimum absolute atomic E-state index is 0.0440. The Balaban J connectivity index is 1.68. The summed E-state index contributed by atoms with van der Waals surface area (Å²) in [6.45, 7) is 4.18. The Morgan fingerprint density at radius 1 is 1.09 bits per heavy atom. The van der Waals surface area contributed by atoms with Gasteiger partial charge in [0.25, 0.3) is 11.7 Å². The molecule has 0 bridgehead atoms. The number of aromatic nitrogens is 4. The van der Waals surface area contributed by atoms with E-state index in [0.29, 0.717) is 27.4 Å². The summed E-state index contributed by atoms with van der Waals surface area (Å²) < 4.78 is 47.0. The summed E-state index contributed by atoms with van der Waals surface area (Å²) in [6.07, 6.45) is -3.76. The van der Waals surface area contributed by atoms with Crippen LogP contribution in [0.25, 0.3) is 17.0 Å². The number of benzene rings is 2. The number of anilines is 1. The fourth-order valence-electron chi connectivity index (χ4n) is 3.39. The fourth-order valence-corrected chi connectivity index (χ4v) is 3.39. The normalized spacial score (nSPS) is 12.5. The van der Waals surface area contributed by atoms with Crippen molar-refractivity contribution in [3.05, 3.63) is 71.7 Å². The van der Waals surface area contributed by atoms with E-state index in [2.05, 4.69) is 34.2 Å². The van der Waals surface area contributed by atoms with Crippen LogP contribution in [-0.2, 0) is 6.18 Å². The summed E-state index contributed by atoms with van der Waals surface area (Å²) in [7, 11) is 1.49. The van der Waals surface area contributed by atoms with Crippen molar-refractivity contribution >= 4 is 17.4 Å².